The van der Waals surface area contributed by atoms with Gasteiger partial charge in [0.2, 0.25) is 10.0 Å². The maximum atomic E-state index is 13.2. The number of hydrogen-bond acceptors (Lipinski definition) is 8. The molecule has 0 atom stereocenters. The lowest BCUT2D eigenvalue weighted by molar-refractivity contribution is -0.139. The highest BCUT2D eigenvalue weighted by Crippen LogP contribution is 2.30. The zero-order valence-corrected chi connectivity index (χ0v) is 19.9. The molecule has 0 aromatic heterocycles. The van der Waals surface area contributed by atoms with E-state index in [1.54, 1.807) is 36.4 Å². The highest BCUT2D eigenvalue weighted by atomic mass is 32.2. The minimum Gasteiger partial charge on any atom is -0.469 e. The molecule has 2 aliphatic heterocycles. The standard InChI is InChI=1S/C24H28N2O7S/c1-31-23(27)16-18-4-6-19(7-5-18)33-24(28)21-17-20(8-9-22(21)25-10-2-3-11-25)34(29,30)26-12-14-32-15-13-26/h4-9,17H,2-3,10-16H2,1H3. The molecule has 0 unspecified atom stereocenters. The van der Waals surface area contributed by atoms with Crippen LogP contribution >= 0.6 is 0 Å². The number of esters is 2. The summed E-state index contributed by atoms with van der Waals surface area (Å²) in [7, 11) is -2.44. The zero-order valence-electron chi connectivity index (χ0n) is 19.1. The summed E-state index contributed by atoms with van der Waals surface area (Å²) in [5.41, 5.74) is 1.59. The highest BCUT2D eigenvalue weighted by Gasteiger charge is 2.29. The van der Waals surface area contributed by atoms with Crippen molar-refractivity contribution >= 4 is 27.6 Å². The summed E-state index contributed by atoms with van der Waals surface area (Å²) < 4.78 is 43.2. The Morgan fingerprint density at radius 3 is 2.29 bits per heavy atom. The second kappa shape index (κ2) is 10.5. The van der Waals surface area contributed by atoms with Gasteiger partial charge >= 0.3 is 11.9 Å². The topological polar surface area (TPSA) is 102 Å². The molecular weight excluding hydrogens is 460 g/mol. The average Bonchev–Trinajstić information content (AvgIpc) is 3.40. The molecule has 0 N–H and O–H groups in total. The number of carbonyl (C=O) groups excluding carboxylic acids is 2. The van der Waals surface area contributed by atoms with Crippen LogP contribution in [-0.4, -0.2) is 71.2 Å². The predicted molar refractivity (Wildman–Crippen MR) is 125 cm³/mol. The molecule has 9 nitrogen and oxygen atoms in total. The van der Waals surface area contributed by atoms with Crippen LogP contribution < -0.4 is 9.64 Å². The van der Waals surface area contributed by atoms with Crippen molar-refractivity contribution in [1.29, 1.82) is 0 Å². The van der Waals surface area contributed by atoms with Crippen molar-refractivity contribution in [2.24, 2.45) is 0 Å². The first kappa shape index (κ1) is 24.2. The van der Waals surface area contributed by atoms with Gasteiger partial charge in [-0.3, -0.25) is 4.79 Å². The highest BCUT2D eigenvalue weighted by molar-refractivity contribution is 7.89. The van der Waals surface area contributed by atoms with Crippen LogP contribution in [-0.2, 0) is 30.7 Å². The van der Waals surface area contributed by atoms with Gasteiger partial charge < -0.3 is 19.1 Å². The zero-order chi connectivity index (χ0) is 24.1. The second-order valence-corrected chi connectivity index (χ2v) is 10.1. The molecule has 2 aromatic carbocycles. The summed E-state index contributed by atoms with van der Waals surface area (Å²) in [4.78, 5) is 26.8. The van der Waals surface area contributed by atoms with Crippen LogP contribution in [0.25, 0.3) is 0 Å². The molecule has 2 fully saturated rings. The smallest absolute Gasteiger partial charge is 0.345 e. The van der Waals surface area contributed by atoms with E-state index in [9.17, 15) is 18.0 Å². The molecule has 34 heavy (non-hydrogen) atoms. The number of morpholine rings is 1. The van der Waals surface area contributed by atoms with Crippen molar-refractivity contribution in [1.82, 2.24) is 4.31 Å². The SMILES string of the molecule is COC(=O)Cc1ccc(OC(=O)c2cc(S(=O)(=O)N3CCOCC3)ccc2N2CCCC2)cc1. The third-order valence-electron chi connectivity index (χ3n) is 5.95. The molecular formula is C24H28N2O7S. The van der Waals surface area contributed by atoms with E-state index >= 15 is 0 Å². The minimum atomic E-state index is -3.77. The van der Waals surface area contributed by atoms with Gasteiger partial charge in [-0.05, 0) is 48.7 Å². The quantitative estimate of drug-likeness (QED) is 0.432. The van der Waals surface area contributed by atoms with Gasteiger partial charge in [0.25, 0.3) is 0 Å². The number of benzene rings is 2. The fourth-order valence-corrected chi connectivity index (χ4v) is 5.52. The first-order valence-corrected chi connectivity index (χ1v) is 12.7. The van der Waals surface area contributed by atoms with Gasteiger partial charge in [-0.2, -0.15) is 4.31 Å². The minimum absolute atomic E-state index is 0.0534. The molecule has 2 heterocycles. The molecule has 0 amide bonds. The third kappa shape index (κ3) is 5.40. The normalized spacial score (nSPS) is 16.9. The van der Waals surface area contributed by atoms with Crippen LogP contribution in [0.2, 0.25) is 0 Å². The lowest BCUT2D eigenvalue weighted by Crippen LogP contribution is -2.40. The Balaban J connectivity index is 1.60. The summed E-state index contributed by atoms with van der Waals surface area (Å²) in [5.74, 6) is -0.702. The van der Waals surface area contributed by atoms with Gasteiger partial charge in [0.15, 0.2) is 0 Å². The Hall–Kier alpha value is -2.95. The second-order valence-electron chi connectivity index (χ2n) is 8.18. The fourth-order valence-electron chi connectivity index (χ4n) is 4.09. The van der Waals surface area contributed by atoms with Crippen molar-refractivity contribution in [3.05, 3.63) is 53.6 Å². The maximum absolute atomic E-state index is 13.2. The van der Waals surface area contributed by atoms with Crippen molar-refractivity contribution in [3.8, 4) is 5.75 Å². The number of ether oxygens (including phenoxy) is 3. The van der Waals surface area contributed by atoms with Crippen LogP contribution in [0.3, 0.4) is 0 Å². The van der Waals surface area contributed by atoms with Gasteiger partial charge in [-0.1, -0.05) is 12.1 Å². The number of carbonyl (C=O) groups is 2. The van der Waals surface area contributed by atoms with Crippen LogP contribution in [0.15, 0.2) is 47.4 Å². The summed E-state index contributed by atoms with van der Waals surface area (Å²) >= 11 is 0. The summed E-state index contributed by atoms with van der Waals surface area (Å²) in [6.45, 7) is 2.80. The number of rotatable bonds is 7. The van der Waals surface area contributed by atoms with E-state index in [0.29, 0.717) is 24.7 Å². The Kier molecular flexibility index (Phi) is 7.50. The summed E-state index contributed by atoms with van der Waals surface area (Å²) in [6, 6.07) is 11.2. The van der Waals surface area contributed by atoms with E-state index in [-0.39, 0.29) is 35.9 Å². The summed E-state index contributed by atoms with van der Waals surface area (Å²) in [5, 5.41) is 0. The Labute approximate surface area is 199 Å². The number of nitrogens with zero attached hydrogens (tertiary/aromatic N) is 2. The van der Waals surface area contributed by atoms with Crippen molar-refractivity contribution in [2.45, 2.75) is 24.2 Å². The number of methoxy groups -OCH3 is 1. The lowest BCUT2D eigenvalue weighted by Gasteiger charge is -2.27. The number of hydrogen-bond donors (Lipinski definition) is 0. The van der Waals surface area contributed by atoms with Gasteiger partial charge in [0.1, 0.15) is 5.75 Å². The van der Waals surface area contributed by atoms with Gasteiger partial charge in [-0.25, -0.2) is 13.2 Å². The monoisotopic (exact) mass is 488 g/mol. The Bertz CT molecular complexity index is 1140. The first-order valence-electron chi connectivity index (χ1n) is 11.2. The molecule has 0 radical (unpaired) electrons. The van der Waals surface area contributed by atoms with Crippen molar-refractivity contribution in [2.75, 3.05) is 51.4 Å². The molecule has 4 rings (SSSR count). The first-order chi connectivity index (χ1) is 16.4. The fraction of sp³-hybridized carbons (Fsp3) is 0.417. The summed E-state index contributed by atoms with van der Waals surface area (Å²) in [6.07, 6.45) is 2.12. The van der Waals surface area contributed by atoms with Gasteiger partial charge in [-0.15, -0.1) is 0 Å². The molecule has 2 aromatic rings. The predicted octanol–water partition coefficient (Wildman–Crippen LogP) is 2.24. The molecule has 0 saturated carbocycles. The van der Waals surface area contributed by atoms with E-state index in [4.69, 9.17) is 9.47 Å². The van der Waals surface area contributed by atoms with Crippen LogP contribution in [0, 0.1) is 0 Å². The molecule has 0 aliphatic carbocycles. The van der Waals surface area contributed by atoms with E-state index in [1.807, 2.05) is 0 Å². The number of anilines is 1. The Morgan fingerprint density at radius 2 is 1.65 bits per heavy atom. The van der Waals surface area contributed by atoms with Crippen LogP contribution in [0.1, 0.15) is 28.8 Å². The molecule has 10 heteroatoms. The van der Waals surface area contributed by atoms with Crippen LogP contribution in [0.5, 0.6) is 5.75 Å². The third-order valence-corrected chi connectivity index (χ3v) is 7.85. The maximum Gasteiger partial charge on any atom is 0.345 e. The van der Waals surface area contributed by atoms with Crippen molar-refractivity contribution in [3.63, 3.8) is 0 Å². The average molecular weight is 489 g/mol. The van der Waals surface area contributed by atoms with E-state index < -0.39 is 16.0 Å². The molecule has 2 aliphatic rings. The van der Waals surface area contributed by atoms with E-state index in [2.05, 4.69) is 9.64 Å². The van der Waals surface area contributed by atoms with E-state index in [1.165, 1.54) is 17.5 Å². The molecule has 0 spiro atoms. The molecule has 0 bridgehead atoms. The largest absolute Gasteiger partial charge is 0.469 e. The van der Waals surface area contributed by atoms with Crippen LogP contribution in [0.4, 0.5) is 5.69 Å². The number of sulfonamides is 1. The Morgan fingerprint density at radius 1 is 0.971 bits per heavy atom. The molecule has 182 valence electrons. The van der Waals surface area contributed by atoms with Crippen molar-refractivity contribution < 1.29 is 32.2 Å². The van der Waals surface area contributed by atoms with E-state index in [0.717, 1.165) is 31.5 Å². The van der Waals surface area contributed by atoms with Gasteiger partial charge in [0, 0.05) is 26.2 Å². The molecule has 2 saturated heterocycles. The van der Waals surface area contributed by atoms with Gasteiger partial charge in [0.05, 0.1) is 42.9 Å². The lowest BCUT2D eigenvalue weighted by atomic mass is 10.1.